The third-order valence-electron chi connectivity index (χ3n) is 5.58. The van der Waals surface area contributed by atoms with E-state index in [2.05, 4.69) is 32.8 Å². The van der Waals surface area contributed by atoms with Crippen molar-refractivity contribution in [1.82, 2.24) is 19.6 Å². The summed E-state index contributed by atoms with van der Waals surface area (Å²) in [4.78, 5) is 8.89. The highest BCUT2D eigenvalue weighted by molar-refractivity contribution is 5.23. The summed E-state index contributed by atoms with van der Waals surface area (Å²) in [6.45, 7) is 12.3. The lowest BCUT2D eigenvalue weighted by Gasteiger charge is -2.40. The quantitative estimate of drug-likeness (QED) is 0.731. The van der Waals surface area contributed by atoms with Crippen molar-refractivity contribution in [3.05, 3.63) is 24.8 Å². The van der Waals surface area contributed by atoms with Crippen LogP contribution in [0.2, 0.25) is 0 Å². The molecule has 0 aromatic rings. The zero-order valence-corrected chi connectivity index (χ0v) is 12.8. The number of hydrogen-bond acceptors (Lipinski definition) is 5. The van der Waals surface area contributed by atoms with Gasteiger partial charge in [-0.25, -0.2) is 0 Å². The van der Waals surface area contributed by atoms with Gasteiger partial charge in [0.2, 0.25) is 0 Å². The molecule has 4 heterocycles. The van der Waals surface area contributed by atoms with Crippen LogP contribution in [0.1, 0.15) is 38.5 Å². The van der Waals surface area contributed by atoms with Crippen LogP contribution in [0.4, 0.5) is 0 Å². The molecule has 0 aromatic heterocycles. The molecule has 0 radical (unpaired) electrons. The van der Waals surface area contributed by atoms with Gasteiger partial charge in [-0.3, -0.25) is 0 Å². The first-order valence-corrected chi connectivity index (χ1v) is 8.34. The van der Waals surface area contributed by atoms with Gasteiger partial charge in [-0.1, -0.05) is 13.2 Å². The number of rotatable bonds is 0. The van der Waals surface area contributed by atoms with Crippen molar-refractivity contribution in [1.29, 1.82) is 0 Å². The van der Waals surface area contributed by atoms with Gasteiger partial charge in [-0.2, -0.15) is 0 Å². The van der Waals surface area contributed by atoms with Gasteiger partial charge in [-0.05, 0) is 38.5 Å². The standard InChI is InChI=1S/C16H26N4O/c1-13-17-9-5-3-7-11-19(13)16(21)15(17)18-10-6-4-8-12-20(16)14(18)2/h15,21H,1-12H2/t15-,16-. The van der Waals surface area contributed by atoms with Crippen molar-refractivity contribution in [2.24, 2.45) is 0 Å². The molecule has 0 saturated carbocycles. The second-order valence-corrected chi connectivity index (χ2v) is 6.70. The predicted molar refractivity (Wildman–Crippen MR) is 81.5 cm³/mol. The molecular weight excluding hydrogens is 264 g/mol. The second-order valence-electron chi connectivity index (χ2n) is 6.70. The topological polar surface area (TPSA) is 33.2 Å². The predicted octanol–water partition coefficient (Wildman–Crippen LogP) is 1.50. The van der Waals surface area contributed by atoms with E-state index in [4.69, 9.17) is 0 Å². The summed E-state index contributed by atoms with van der Waals surface area (Å²) in [5.41, 5.74) is 0. The van der Waals surface area contributed by atoms with Crippen molar-refractivity contribution in [3.8, 4) is 0 Å². The van der Waals surface area contributed by atoms with Gasteiger partial charge in [0.05, 0.1) is 0 Å². The van der Waals surface area contributed by atoms with Crippen LogP contribution in [0.25, 0.3) is 0 Å². The highest BCUT2D eigenvalue weighted by atomic mass is 16.4. The van der Waals surface area contributed by atoms with Gasteiger partial charge >= 0.3 is 0 Å². The Morgan fingerprint density at radius 1 is 0.762 bits per heavy atom. The molecule has 1 N–H and O–H groups in total. The number of nitrogens with zero attached hydrogens (tertiary/aromatic N) is 4. The first kappa shape index (κ1) is 13.3. The van der Waals surface area contributed by atoms with Gasteiger partial charge in [0, 0.05) is 26.2 Å². The molecule has 0 aromatic carbocycles. The van der Waals surface area contributed by atoms with E-state index in [0.717, 1.165) is 50.7 Å². The maximum absolute atomic E-state index is 11.7. The first-order chi connectivity index (χ1) is 10.2. The molecule has 0 aliphatic carbocycles. The van der Waals surface area contributed by atoms with Crippen molar-refractivity contribution in [2.75, 3.05) is 26.2 Å². The summed E-state index contributed by atoms with van der Waals surface area (Å²) < 4.78 is 0. The molecule has 4 aliphatic heterocycles. The molecule has 5 heteroatoms. The summed E-state index contributed by atoms with van der Waals surface area (Å²) in [5, 5.41) is 11.7. The third-order valence-corrected chi connectivity index (χ3v) is 5.58. The fourth-order valence-electron chi connectivity index (χ4n) is 4.53. The maximum atomic E-state index is 11.7. The molecule has 4 aliphatic rings. The van der Waals surface area contributed by atoms with Gasteiger partial charge in [0.25, 0.3) is 5.85 Å². The first-order valence-electron chi connectivity index (χ1n) is 8.34. The lowest BCUT2D eigenvalue weighted by atomic mass is 10.2. The van der Waals surface area contributed by atoms with Crippen LogP contribution >= 0.6 is 0 Å². The van der Waals surface area contributed by atoms with E-state index in [1.807, 2.05) is 0 Å². The number of fused-ring (bicyclic) bond motifs is 9. The SMILES string of the molecule is C=C1N2CCCCCN1[C@]1(O)[C@H]2N2CCCCCN1C2=C. The number of hydrogen-bond donors (Lipinski definition) is 1. The van der Waals surface area contributed by atoms with Crippen molar-refractivity contribution < 1.29 is 5.11 Å². The lowest BCUT2D eigenvalue weighted by Crippen LogP contribution is -2.59. The van der Waals surface area contributed by atoms with Crippen molar-refractivity contribution >= 4 is 0 Å². The molecular formula is C16H26N4O. The molecule has 0 spiro atoms. The van der Waals surface area contributed by atoms with Gasteiger partial charge in [-0.15, -0.1) is 0 Å². The van der Waals surface area contributed by atoms with Crippen molar-refractivity contribution in [2.45, 2.75) is 50.5 Å². The zero-order chi connectivity index (χ0) is 14.6. The van der Waals surface area contributed by atoms with E-state index in [9.17, 15) is 5.11 Å². The second kappa shape index (κ2) is 4.57. The van der Waals surface area contributed by atoms with Gasteiger partial charge < -0.3 is 24.7 Å². The molecule has 5 nitrogen and oxygen atoms in total. The van der Waals surface area contributed by atoms with Crippen LogP contribution in [-0.4, -0.2) is 62.9 Å². The maximum Gasteiger partial charge on any atom is 0.262 e. The van der Waals surface area contributed by atoms with Crippen LogP contribution in [0, 0.1) is 0 Å². The van der Waals surface area contributed by atoms with Crippen molar-refractivity contribution in [3.63, 3.8) is 0 Å². The largest absolute Gasteiger partial charge is 0.351 e. The molecule has 4 bridgehead atoms. The van der Waals surface area contributed by atoms with Crippen LogP contribution in [0.3, 0.4) is 0 Å². The highest BCUT2D eigenvalue weighted by Crippen LogP contribution is 2.49. The zero-order valence-electron chi connectivity index (χ0n) is 12.8. The summed E-state index contributed by atoms with van der Waals surface area (Å²) >= 11 is 0. The Balaban J connectivity index is 1.81. The summed E-state index contributed by atoms with van der Waals surface area (Å²) in [7, 11) is 0. The summed E-state index contributed by atoms with van der Waals surface area (Å²) in [5.74, 6) is 1.01. The van der Waals surface area contributed by atoms with Crippen LogP contribution in [-0.2, 0) is 0 Å². The molecule has 0 atom stereocenters. The normalized spacial score (nSPS) is 36.3. The number of aliphatic hydroxyl groups is 1. The van der Waals surface area contributed by atoms with E-state index in [-0.39, 0.29) is 6.17 Å². The minimum Gasteiger partial charge on any atom is -0.351 e. The lowest BCUT2D eigenvalue weighted by molar-refractivity contribution is -0.173. The Hall–Kier alpha value is -1.36. The molecule has 4 saturated heterocycles. The van der Waals surface area contributed by atoms with E-state index >= 15 is 0 Å². The Kier molecular flexibility index (Phi) is 2.89. The van der Waals surface area contributed by atoms with E-state index in [0.29, 0.717) is 0 Å². The Morgan fingerprint density at radius 2 is 1.19 bits per heavy atom. The Bertz CT molecular complexity index is 439. The van der Waals surface area contributed by atoms with Crippen LogP contribution < -0.4 is 0 Å². The molecule has 4 fully saturated rings. The van der Waals surface area contributed by atoms with E-state index < -0.39 is 5.85 Å². The fraction of sp³-hybridized carbons (Fsp3) is 0.750. The average molecular weight is 290 g/mol. The molecule has 116 valence electrons. The van der Waals surface area contributed by atoms with Gasteiger partial charge in [0.1, 0.15) is 11.6 Å². The van der Waals surface area contributed by atoms with Gasteiger partial charge in [0.15, 0.2) is 6.17 Å². The minimum atomic E-state index is -0.969. The molecule has 4 rings (SSSR count). The minimum absolute atomic E-state index is 0.0336. The monoisotopic (exact) mass is 290 g/mol. The Labute approximate surface area is 127 Å². The molecule has 0 amide bonds. The van der Waals surface area contributed by atoms with E-state index in [1.165, 1.54) is 25.7 Å². The average Bonchev–Trinajstić information content (AvgIpc) is 2.81. The van der Waals surface area contributed by atoms with Crippen LogP contribution in [0.5, 0.6) is 0 Å². The smallest absolute Gasteiger partial charge is 0.262 e. The van der Waals surface area contributed by atoms with Crippen LogP contribution in [0.15, 0.2) is 24.8 Å². The van der Waals surface area contributed by atoms with E-state index in [1.54, 1.807) is 0 Å². The highest BCUT2D eigenvalue weighted by Gasteiger charge is 2.65. The fourth-order valence-corrected chi connectivity index (χ4v) is 4.53. The molecule has 21 heavy (non-hydrogen) atoms. The summed E-state index contributed by atoms with van der Waals surface area (Å²) in [6, 6.07) is 0. The third kappa shape index (κ3) is 1.61. The Morgan fingerprint density at radius 3 is 1.67 bits per heavy atom. The summed E-state index contributed by atoms with van der Waals surface area (Å²) in [6.07, 6.45) is 7.03. The molecule has 0 unspecified atom stereocenters.